The second kappa shape index (κ2) is 6.96. The van der Waals surface area contributed by atoms with Gasteiger partial charge in [-0.25, -0.2) is 0 Å². The highest BCUT2D eigenvalue weighted by Crippen LogP contribution is 2.28. The minimum Gasteiger partial charge on any atom is -0.492 e. The van der Waals surface area contributed by atoms with Crippen LogP contribution < -0.4 is 10.1 Å². The molecule has 0 unspecified atom stereocenters. The van der Waals surface area contributed by atoms with Crippen LogP contribution >= 0.6 is 11.6 Å². The predicted octanol–water partition coefficient (Wildman–Crippen LogP) is 4.38. The van der Waals surface area contributed by atoms with Crippen molar-refractivity contribution in [2.45, 2.75) is 13.3 Å². The van der Waals surface area contributed by atoms with Gasteiger partial charge in [-0.15, -0.1) is 0 Å². The van der Waals surface area contributed by atoms with Crippen LogP contribution in [0.2, 0.25) is 5.02 Å². The molecule has 0 aliphatic rings. The van der Waals surface area contributed by atoms with Gasteiger partial charge >= 0.3 is 0 Å². The largest absolute Gasteiger partial charge is 0.492 e. The molecule has 0 fully saturated rings. The smallest absolute Gasteiger partial charge is 0.255 e. The Balaban J connectivity index is 2.07. The number of hydrogen-bond donors (Lipinski definition) is 1. The van der Waals surface area contributed by atoms with E-state index in [2.05, 4.69) is 5.32 Å². The quantitative estimate of drug-likeness (QED) is 0.887. The van der Waals surface area contributed by atoms with Crippen molar-refractivity contribution in [3.8, 4) is 5.75 Å². The van der Waals surface area contributed by atoms with Gasteiger partial charge in [0, 0.05) is 11.3 Å². The SMILES string of the molecule is CCCOc1ccc(NC(=O)c2ccccc2)cc1Cl. The van der Waals surface area contributed by atoms with Crippen LogP contribution in [0.25, 0.3) is 0 Å². The first-order valence-corrected chi connectivity index (χ1v) is 6.87. The molecule has 3 nitrogen and oxygen atoms in total. The topological polar surface area (TPSA) is 38.3 Å². The Hall–Kier alpha value is -2.00. The van der Waals surface area contributed by atoms with Crippen molar-refractivity contribution in [3.05, 3.63) is 59.1 Å². The highest BCUT2D eigenvalue weighted by atomic mass is 35.5. The maximum Gasteiger partial charge on any atom is 0.255 e. The molecule has 2 aromatic carbocycles. The normalized spacial score (nSPS) is 10.1. The molecule has 0 saturated carbocycles. The first-order valence-electron chi connectivity index (χ1n) is 6.49. The molecule has 104 valence electrons. The third-order valence-corrected chi connectivity index (χ3v) is 2.98. The summed E-state index contributed by atoms with van der Waals surface area (Å²) in [4.78, 5) is 12.0. The number of amides is 1. The van der Waals surface area contributed by atoms with Crippen molar-refractivity contribution >= 4 is 23.2 Å². The molecule has 0 aliphatic carbocycles. The monoisotopic (exact) mass is 289 g/mol. The third-order valence-electron chi connectivity index (χ3n) is 2.69. The third kappa shape index (κ3) is 3.75. The van der Waals surface area contributed by atoms with Gasteiger partial charge in [0.1, 0.15) is 5.75 Å². The Labute approximate surface area is 123 Å². The Kier molecular flexibility index (Phi) is 5.02. The second-order valence-electron chi connectivity index (χ2n) is 4.31. The van der Waals surface area contributed by atoms with Gasteiger partial charge in [0.25, 0.3) is 5.91 Å². The molecule has 2 rings (SSSR count). The average molecular weight is 290 g/mol. The molecule has 1 N–H and O–H groups in total. The van der Waals surface area contributed by atoms with E-state index < -0.39 is 0 Å². The van der Waals surface area contributed by atoms with Gasteiger partial charge in [-0.05, 0) is 36.8 Å². The van der Waals surface area contributed by atoms with Crippen molar-refractivity contribution in [3.63, 3.8) is 0 Å². The Morgan fingerprint density at radius 3 is 2.60 bits per heavy atom. The van der Waals surface area contributed by atoms with Gasteiger partial charge < -0.3 is 10.1 Å². The molecular formula is C16H16ClNO2. The Morgan fingerprint density at radius 1 is 1.20 bits per heavy atom. The number of carbonyl (C=O) groups is 1. The predicted molar refractivity (Wildman–Crippen MR) is 81.6 cm³/mol. The van der Waals surface area contributed by atoms with Crippen LogP contribution in [0.5, 0.6) is 5.75 Å². The van der Waals surface area contributed by atoms with E-state index in [0.717, 1.165) is 6.42 Å². The second-order valence-corrected chi connectivity index (χ2v) is 4.72. The lowest BCUT2D eigenvalue weighted by atomic mass is 10.2. The number of ether oxygens (including phenoxy) is 1. The van der Waals surface area contributed by atoms with Gasteiger partial charge in [-0.2, -0.15) is 0 Å². The van der Waals surface area contributed by atoms with E-state index in [1.165, 1.54) is 0 Å². The highest BCUT2D eigenvalue weighted by Gasteiger charge is 2.07. The summed E-state index contributed by atoms with van der Waals surface area (Å²) in [6.07, 6.45) is 0.919. The zero-order valence-electron chi connectivity index (χ0n) is 11.2. The molecular weight excluding hydrogens is 274 g/mol. The molecule has 0 atom stereocenters. The summed E-state index contributed by atoms with van der Waals surface area (Å²) < 4.78 is 5.49. The van der Waals surface area contributed by atoms with E-state index in [0.29, 0.717) is 28.6 Å². The lowest BCUT2D eigenvalue weighted by molar-refractivity contribution is 0.102. The number of carbonyl (C=O) groups excluding carboxylic acids is 1. The van der Waals surface area contributed by atoms with Crippen LogP contribution in [-0.4, -0.2) is 12.5 Å². The number of nitrogens with one attached hydrogen (secondary N) is 1. The highest BCUT2D eigenvalue weighted by molar-refractivity contribution is 6.32. The van der Waals surface area contributed by atoms with E-state index in [-0.39, 0.29) is 5.91 Å². The molecule has 1 amide bonds. The summed E-state index contributed by atoms with van der Waals surface area (Å²) in [5.74, 6) is 0.468. The van der Waals surface area contributed by atoms with E-state index in [4.69, 9.17) is 16.3 Å². The molecule has 0 bridgehead atoms. The average Bonchev–Trinajstić information content (AvgIpc) is 2.47. The first kappa shape index (κ1) is 14.4. The maximum atomic E-state index is 12.0. The zero-order valence-corrected chi connectivity index (χ0v) is 12.0. The van der Waals surface area contributed by atoms with Gasteiger partial charge in [0.05, 0.1) is 11.6 Å². The van der Waals surface area contributed by atoms with E-state index in [9.17, 15) is 4.79 Å². The van der Waals surface area contributed by atoms with Gasteiger partial charge in [0.15, 0.2) is 0 Å². The molecule has 0 heterocycles. The van der Waals surface area contributed by atoms with Crippen molar-refractivity contribution in [1.82, 2.24) is 0 Å². The van der Waals surface area contributed by atoms with Crippen LogP contribution in [0.1, 0.15) is 23.7 Å². The van der Waals surface area contributed by atoms with Crippen LogP contribution in [0, 0.1) is 0 Å². The lowest BCUT2D eigenvalue weighted by Gasteiger charge is -2.09. The fourth-order valence-electron chi connectivity index (χ4n) is 1.70. The fraction of sp³-hybridized carbons (Fsp3) is 0.188. The van der Waals surface area contributed by atoms with Gasteiger partial charge in [0.2, 0.25) is 0 Å². The minimum atomic E-state index is -0.163. The zero-order chi connectivity index (χ0) is 14.4. The van der Waals surface area contributed by atoms with E-state index in [1.807, 2.05) is 25.1 Å². The van der Waals surface area contributed by atoms with Crippen molar-refractivity contribution < 1.29 is 9.53 Å². The molecule has 0 spiro atoms. The number of hydrogen-bond acceptors (Lipinski definition) is 2. The number of rotatable bonds is 5. The van der Waals surface area contributed by atoms with E-state index >= 15 is 0 Å². The summed E-state index contributed by atoms with van der Waals surface area (Å²) in [7, 11) is 0. The number of halogens is 1. The van der Waals surface area contributed by atoms with Crippen LogP contribution in [0.4, 0.5) is 5.69 Å². The Morgan fingerprint density at radius 2 is 1.95 bits per heavy atom. The van der Waals surface area contributed by atoms with E-state index in [1.54, 1.807) is 30.3 Å². The van der Waals surface area contributed by atoms with Crippen LogP contribution in [0.15, 0.2) is 48.5 Å². The van der Waals surface area contributed by atoms with Gasteiger partial charge in [-0.3, -0.25) is 4.79 Å². The van der Waals surface area contributed by atoms with Crippen molar-refractivity contribution in [2.75, 3.05) is 11.9 Å². The molecule has 0 aliphatic heterocycles. The van der Waals surface area contributed by atoms with Crippen molar-refractivity contribution in [2.24, 2.45) is 0 Å². The summed E-state index contributed by atoms with van der Waals surface area (Å²) in [6, 6.07) is 14.3. The molecule has 20 heavy (non-hydrogen) atoms. The minimum absolute atomic E-state index is 0.163. The summed E-state index contributed by atoms with van der Waals surface area (Å²) >= 11 is 6.12. The van der Waals surface area contributed by atoms with Crippen LogP contribution in [-0.2, 0) is 0 Å². The number of benzene rings is 2. The Bertz CT molecular complexity index is 584. The van der Waals surface area contributed by atoms with Gasteiger partial charge in [-0.1, -0.05) is 36.7 Å². The fourth-order valence-corrected chi connectivity index (χ4v) is 1.94. The molecule has 2 aromatic rings. The first-order chi connectivity index (χ1) is 9.70. The van der Waals surface area contributed by atoms with Crippen molar-refractivity contribution in [1.29, 1.82) is 0 Å². The van der Waals surface area contributed by atoms with Crippen LogP contribution in [0.3, 0.4) is 0 Å². The maximum absolute atomic E-state index is 12.0. The lowest BCUT2D eigenvalue weighted by Crippen LogP contribution is -2.11. The summed E-state index contributed by atoms with van der Waals surface area (Å²) in [5.41, 5.74) is 1.25. The molecule has 0 radical (unpaired) electrons. The molecule has 4 heteroatoms. The standard InChI is InChI=1S/C16H16ClNO2/c1-2-10-20-15-9-8-13(11-14(15)17)18-16(19)12-6-4-3-5-7-12/h3-9,11H,2,10H2,1H3,(H,18,19). The summed E-state index contributed by atoms with van der Waals surface area (Å²) in [5, 5.41) is 3.29. The molecule has 0 aromatic heterocycles. The molecule has 0 saturated heterocycles. The summed E-state index contributed by atoms with van der Waals surface area (Å²) in [6.45, 7) is 2.65. The number of anilines is 1.